The molecule has 34 heavy (non-hydrogen) atoms. The molecular weight excluding hydrogens is 516 g/mol. The van der Waals surface area contributed by atoms with E-state index in [9.17, 15) is 28.3 Å². The predicted octanol–water partition coefficient (Wildman–Crippen LogP) is 4.84. The van der Waals surface area contributed by atoms with E-state index in [-0.39, 0.29) is 40.3 Å². The van der Waals surface area contributed by atoms with Crippen molar-refractivity contribution >= 4 is 27.9 Å². The van der Waals surface area contributed by atoms with Gasteiger partial charge in [-0.05, 0) is 59.1 Å². The van der Waals surface area contributed by atoms with Gasteiger partial charge in [0.2, 0.25) is 0 Å². The van der Waals surface area contributed by atoms with E-state index in [0.29, 0.717) is 16.8 Å². The number of aromatic nitrogens is 1. The minimum absolute atomic E-state index is 0.00849. The van der Waals surface area contributed by atoms with Crippen LogP contribution in [-0.2, 0) is 22.7 Å². The molecule has 0 atom stereocenters. The van der Waals surface area contributed by atoms with Crippen molar-refractivity contribution < 1.29 is 33.0 Å². The Balaban J connectivity index is 2.15. The van der Waals surface area contributed by atoms with Crippen LogP contribution in [0.3, 0.4) is 0 Å². The van der Waals surface area contributed by atoms with Crippen LogP contribution in [-0.4, -0.2) is 21.6 Å². The average Bonchev–Trinajstić information content (AvgIpc) is 2.75. The number of hydrogen-bond donors (Lipinski definition) is 1. The summed E-state index contributed by atoms with van der Waals surface area (Å²) < 4.78 is 39.1. The van der Waals surface area contributed by atoms with E-state index in [1.165, 1.54) is 29.7 Å². The SMILES string of the molecule is CC(=O)OCc1cc(OCc2ccc(F)cc2F)c(Br)c(=O)n1-c1c(C)ccc(C(=O)O)c1C. The van der Waals surface area contributed by atoms with Gasteiger partial charge in [0.05, 0.1) is 16.9 Å². The monoisotopic (exact) mass is 535 g/mol. The van der Waals surface area contributed by atoms with Crippen molar-refractivity contribution in [3.63, 3.8) is 0 Å². The van der Waals surface area contributed by atoms with E-state index < -0.39 is 29.1 Å². The smallest absolute Gasteiger partial charge is 0.336 e. The number of halogens is 3. The van der Waals surface area contributed by atoms with E-state index in [1.54, 1.807) is 19.9 Å². The number of carbonyl (C=O) groups is 2. The molecule has 0 fully saturated rings. The van der Waals surface area contributed by atoms with Gasteiger partial charge in [0, 0.05) is 24.6 Å². The lowest BCUT2D eigenvalue weighted by Gasteiger charge is -2.20. The molecule has 0 saturated heterocycles. The van der Waals surface area contributed by atoms with Crippen molar-refractivity contribution in [1.82, 2.24) is 4.57 Å². The zero-order valence-electron chi connectivity index (χ0n) is 18.4. The summed E-state index contributed by atoms with van der Waals surface area (Å²) in [5.74, 6) is -3.25. The number of esters is 1. The molecule has 0 bridgehead atoms. The Morgan fingerprint density at radius 3 is 2.41 bits per heavy atom. The number of carboxylic acids is 1. The zero-order chi connectivity index (χ0) is 25.2. The predicted molar refractivity (Wildman–Crippen MR) is 122 cm³/mol. The average molecular weight is 536 g/mol. The number of carboxylic acid groups (broad SMARTS) is 1. The van der Waals surface area contributed by atoms with Crippen LogP contribution in [0, 0.1) is 25.5 Å². The quantitative estimate of drug-likeness (QED) is 0.435. The zero-order valence-corrected chi connectivity index (χ0v) is 20.0. The third kappa shape index (κ3) is 5.17. The van der Waals surface area contributed by atoms with Crippen LogP contribution in [0.15, 0.2) is 45.7 Å². The van der Waals surface area contributed by atoms with Gasteiger partial charge >= 0.3 is 11.9 Å². The molecule has 1 N–H and O–H groups in total. The van der Waals surface area contributed by atoms with Crippen LogP contribution in [0.2, 0.25) is 0 Å². The maximum Gasteiger partial charge on any atom is 0.336 e. The molecule has 0 unspecified atom stereocenters. The van der Waals surface area contributed by atoms with Crippen LogP contribution in [0.5, 0.6) is 5.75 Å². The summed E-state index contributed by atoms with van der Waals surface area (Å²) in [6.07, 6.45) is 0. The van der Waals surface area contributed by atoms with Crippen molar-refractivity contribution in [2.24, 2.45) is 0 Å². The molecular formula is C24H20BrF2NO6. The van der Waals surface area contributed by atoms with Gasteiger partial charge in [-0.2, -0.15) is 0 Å². The summed E-state index contributed by atoms with van der Waals surface area (Å²) >= 11 is 3.21. The van der Waals surface area contributed by atoms with Gasteiger partial charge in [-0.3, -0.25) is 14.2 Å². The molecule has 178 valence electrons. The van der Waals surface area contributed by atoms with Gasteiger partial charge in [-0.1, -0.05) is 6.07 Å². The Labute approximate surface area is 201 Å². The molecule has 10 heteroatoms. The topological polar surface area (TPSA) is 94.8 Å². The summed E-state index contributed by atoms with van der Waals surface area (Å²) in [5.41, 5.74) is 0.952. The number of pyridine rings is 1. The van der Waals surface area contributed by atoms with E-state index in [4.69, 9.17) is 9.47 Å². The molecule has 2 aromatic carbocycles. The fourth-order valence-corrected chi connectivity index (χ4v) is 3.86. The van der Waals surface area contributed by atoms with Crippen molar-refractivity contribution in [1.29, 1.82) is 0 Å². The fraction of sp³-hybridized carbons (Fsp3) is 0.208. The molecule has 0 aliphatic carbocycles. The van der Waals surface area contributed by atoms with Crippen molar-refractivity contribution in [2.45, 2.75) is 34.0 Å². The molecule has 0 aliphatic rings. The third-order valence-electron chi connectivity index (χ3n) is 5.10. The maximum absolute atomic E-state index is 14.0. The Bertz CT molecular complexity index is 1350. The molecule has 3 aromatic rings. The molecule has 3 rings (SSSR count). The minimum Gasteiger partial charge on any atom is -0.487 e. The van der Waals surface area contributed by atoms with Crippen LogP contribution >= 0.6 is 15.9 Å². The number of hydrogen-bond acceptors (Lipinski definition) is 5. The van der Waals surface area contributed by atoms with Crippen LogP contribution in [0.1, 0.15) is 39.7 Å². The largest absolute Gasteiger partial charge is 0.487 e. The van der Waals surface area contributed by atoms with E-state index in [2.05, 4.69) is 15.9 Å². The number of nitrogens with zero attached hydrogens (tertiary/aromatic N) is 1. The van der Waals surface area contributed by atoms with Crippen molar-refractivity contribution in [2.75, 3.05) is 0 Å². The second-order valence-corrected chi connectivity index (χ2v) is 8.26. The first-order valence-electron chi connectivity index (χ1n) is 9.99. The van der Waals surface area contributed by atoms with E-state index in [0.717, 1.165) is 12.1 Å². The number of carbonyl (C=O) groups excluding carboxylic acids is 1. The van der Waals surface area contributed by atoms with Gasteiger partial charge in [-0.25, -0.2) is 13.6 Å². The number of rotatable bonds is 7. The van der Waals surface area contributed by atoms with Gasteiger partial charge in [0.25, 0.3) is 5.56 Å². The highest BCUT2D eigenvalue weighted by atomic mass is 79.9. The maximum atomic E-state index is 14.0. The highest BCUT2D eigenvalue weighted by Crippen LogP contribution is 2.29. The Morgan fingerprint density at radius 2 is 1.79 bits per heavy atom. The molecule has 0 radical (unpaired) electrons. The molecule has 1 heterocycles. The summed E-state index contributed by atoms with van der Waals surface area (Å²) in [5, 5.41) is 9.52. The molecule has 0 spiro atoms. The van der Waals surface area contributed by atoms with Crippen molar-refractivity contribution in [3.8, 4) is 11.4 Å². The lowest BCUT2D eigenvalue weighted by Crippen LogP contribution is -2.26. The number of ether oxygens (including phenoxy) is 2. The standard InChI is InChI=1S/C24H20BrF2NO6/c1-12-4-7-18(24(31)32)13(2)22(12)28-17(11-33-14(3)29)9-20(21(25)23(28)30)34-10-15-5-6-16(26)8-19(15)27/h4-9H,10-11H2,1-3H3,(H,31,32). The van der Waals surface area contributed by atoms with Gasteiger partial charge in [0.15, 0.2) is 0 Å². The second-order valence-electron chi connectivity index (χ2n) is 7.47. The third-order valence-corrected chi connectivity index (χ3v) is 5.83. The summed E-state index contributed by atoms with van der Waals surface area (Å²) in [6, 6.07) is 7.48. The number of benzene rings is 2. The molecule has 0 aliphatic heterocycles. The summed E-state index contributed by atoms with van der Waals surface area (Å²) in [6.45, 7) is 3.88. The fourth-order valence-electron chi connectivity index (χ4n) is 3.45. The molecule has 0 saturated carbocycles. The van der Waals surface area contributed by atoms with Gasteiger partial charge in [0.1, 0.15) is 35.1 Å². The highest BCUT2D eigenvalue weighted by molar-refractivity contribution is 9.10. The van der Waals surface area contributed by atoms with Gasteiger partial charge < -0.3 is 14.6 Å². The van der Waals surface area contributed by atoms with Crippen LogP contribution < -0.4 is 10.3 Å². The normalized spacial score (nSPS) is 10.8. The summed E-state index contributed by atoms with van der Waals surface area (Å²) in [4.78, 5) is 36.5. The second kappa shape index (κ2) is 10.2. The van der Waals surface area contributed by atoms with Crippen LogP contribution in [0.25, 0.3) is 5.69 Å². The van der Waals surface area contributed by atoms with Crippen molar-refractivity contribution in [3.05, 3.63) is 90.8 Å². The minimum atomic E-state index is -1.16. The molecule has 7 nitrogen and oxygen atoms in total. The lowest BCUT2D eigenvalue weighted by atomic mass is 10.0. The van der Waals surface area contributed by atoms with Gasteiger partial charge in [-0.15, -0.1) is 0 Å². The Morgan fingerprint density at radius 1 is 1.09 bits per heavy atom. The summed E-state index contributed by atoms with van der Waals surface area (Å²) in [7, 11) is 0. The van der Waals surface area contributed by atoms with Crippen LogP contribution in [0.4, 0.5) is 8.78 Å². The first kappa shape index (κ1) is 25.1. The van der Waals surface area contributed by atoms with E-state index >= 15 is 0 Å². The number of aromatic carboxylic acids is 1. The van der Waals surface area contributed by atoms with E-state index in [1.807, 2.05) is 0 Å². The Hall–Kier alpha value is -3.53. The highest BCUT2D eigenvalue weighted by Gasteiger charge is 2.22. The number of aryl methyl sites for hydroxylation is 1. The molecule has 1 aromatic heterocycles. The first-order chi connectivity index (χ1) is 16.0. The Kier molecular flexibility index (Phi) is 7.51. The lowest BCUT2D eigenvalue weighted by molar-refractivity contribution is -0.142. The first-order valence-corrected chi connectivity index (χ1v) is 10.8. The molecule has 0 amide bonds.